The van der Waals surface area contributed by atoms with Crippen molar-refractivity contribution in [3.05, 3.63) is 33.8 Å². The molecule has 6 heteroatoms. The zero-order chi connectivity index (χ0) is 13.8. The highest BCUT2D eigenvalue weighted by molar-refractivity contribution is 6.43. The molecule has 0 unspecified atom stereocenters. The maximum Gasteiger partial charge on any atom is 0.255 e. The third kappa shape index (κ3) is 3.19. The van der Waals surface area contributed by atoms with E-state index in [-0.39, 0.29) is 10.9 Å². The van der Waals surface area contributed by atoms with E-state index in [1.807, 2.05) is 6.92 Å². The molecule has 102 valence electrons. The van der Waals surface area contributed by atoms with Crippen LogP contribution < -0.4 is 0 Å². The molecule has 0 N–H and O–H groups in total. The molecule has 0 spiro atoms. The van der Waals surface area contributed by atoms with Crippen LogP contribution in [0.1, 0.15) is 17.3 Å². The lowest BCUT2D eigenvalue weighted by Crippen LogP contribution is -2.41. The van der Waals surface area contributed by atoms with Crippen molar-refractivity contribution in [2.45, 2.75) is 6.92 Å². The van der Waals surface area contributed by atoms with Gasteiger partial charge in [-0.2, -0.15) is 0 Å². The number of hydrogen-bond acceptors (Lipinski definition) is 3. The molecule has 0 saturated heterocycles. The topological polar surface area (TPSA) is 41.9 Å². The van der Waals surface area contributed by atoms with Crippen LogP contribution in [-0.2, 0) is 4.74 Å². The van der Waals surface area contributed by atoms with Crippen LogP contribution in [0.4, 0.5) is 0 Å². The minimum atomic E-state index is -0.153. The molecular formula is C13H14Cl2N2O2. The Morgan fingerprint density at radius 1 is 1.47 bits per heavy atom. The van der Waals surface area contributed by atoms with Gasteiger partial charge in [-0.3, -0.25) is 9.79 Å². The van der Waals surface area contributed by atoms with Gasteiger partial charge < -0.3 is 9.64 Å². The number of carbonyl (C=O) groups excluding carboxylic acids is 1. The van der Waals surface area contributed by atoms with Gasteiger partial charge in [-0.15, -0.1) is 0 Å². The Hall–Kier alpha value is -1.26. The van der Waals surface area contributed by atoms with Crippen LogP contribution in [0, 0.1) is 0 Å². The van der Waals surface area contributed by atoms with Crippen molar-refractivity contribution in [3.8, 4) is 0 Å². The lowest BCUT2D eigenvalue weighted by atomic mass is 10.2. The fourth-order valence-corrected chi connectivity index (χ4v) is 2.24. The number of aliphatic imine (C=N–C) groups is 1. The Bertz CT molecular complexity index is 517. The van der Waals surface area contributed by atoms with Gasteiger partial charge in [-0.25, -0.2) is 0 Å². The van der Waals surface area contributed by atoms with Crippen LogP contribution in [-0.4, -0.2) is 42.9 Å². The van der Waals surface area contributed by atoms with Crippen molar-refractivity contribution in [3.63, 3.8) is 0 Å². The van der Waals surface area contributed by atoms with Crippen LogP contribution in [0.5, 0.6) is 0 Å². The van der Waals surface area contributed by atoms with Crippen LogP contribution >= 0.6 is 23.2 Å². The van der Waals surface area contributed by atoms with Gasteiger partial charge in [0.1, 0.15) is 0 Å². The molecule has 4 nitrogen and oxygen atoms in total. The van der Waals surface area contributed by atoms with Crippen molar-refractivity contribution < 1.29 is 9.53 Å². The third-order valence-corrected chi connectivity index (χ3v) is 3.58. The Balaban J connectivity index is 2.16. The van der Waals surface area contributed by atoms with Gasteiger partial charge in [0, 0.05) is 6.54 Å². The maximum atomic E-state index is 12.4. The van der Waals surface area contributed by atoms with Crippen molar-refractivity contribution in [1.29, 1.82) is 0 Å². The number of rotatable bonds is 2. The molecule has 2 rings (SSSR count). The van der Waals surface area contributed by atoms with Crippen LogP contribution in [0.3, 0.4) is 0 Å². The highest BCUT2D eigenvalue weighted by Crippen LogP contribution is 2.26. The summed E-state index contributed by atoms with van der Waals surface area (Å²) in [6, 6.07) is 5.04. The number of benzene rings is 1. The number of amides is 1. The second-order valence-corrected chi connectivity index (χ2v) is 4.82. The van der Waals surface area contributed by atoms with E-state index < -0.39 is 0 Å². The van der Waals surface area contributed by atoms with E-state index in [0.717, 1.165) is 0 Å². The van der Waals surface area contributed by atoms with Crippen LogP contribution in [0.15, 0.2) is 23.2 Å². The van der Waals surface area contributed by atoms with E-state index in [1.54, 1.807) is 23.1 Å². The zero-order valence-electron chi connectivity index (χ0n) is 10.5. The lowest BCUT2D eigenvalue weighted by molar-refractivity contribution is 0.0766. The van der Waals surface area contributed by atoms with E-state index in [1.165, 1.54) is 0 Å². The number of ether oxygens (including phenoxy) is 1. The Morgan fingerprint density at radius 2 is 2.26 bits per heavy atom. The average Bonchev–Trinajstić information content (AvgIpc) is 2.42. The van der Waals surface area contributed by atoms with Gasteiger partial charge in [-0.1, -0.05) is 29.3 Å². The normalized spacial score (nSPS) is 15.1. The van der Waals surface area contributed by atoms with Gasteiger partial charge in [-0.05, 0) is 19.1 Å². The number of nitrogens with zero attached hydrogens (tertiary/aromatic N) is 2. The molecular weight excluding hydrogens is 287 g/mol. The first-order valence-corrected chi connectivity index (χ1v) is 6.78. The summed E-state index contributed by atoms with van der Waals surface area (Å²) in [7, 11) is 0. The van der Waals surface area contributed by atoms with Gasteiger partial charge >= 0.3 is 0 Å². The Labute approximate surface area is 122 Å². The lowest BCUT2D eigenvalue weighted by Gasteiger charge is -2.26. The monoisotopic (exact) mass is 300 g/mol. The van der Waals surface area contributed by atoms with Crippen LogP contribution in [0.2, 0.25) is 10.0 Å². The van der Waals surface area contributed by atoms with Gasteiger partial charge in [0.05, 0.1) is 35.3 Å². The van der Waals surface area contributed by atoms with Crippen molar-refractivity contribution >= 4 is 35.0 Å². The SMILES string of the molecule is CCOC1=NCCN(C(=O)c2cccc(Cl)c2Cl)C1. The van der Waals surface area contributed by atoms with Crippen molar-refractivity contribution in [1.82, 2.24) is 4.90 Å². The predicted octanol–water partition coefficient (Wildman–Crippen LogP) is 2.88. The minimum Gasteiger partial charge on any atom is -0.480 e. The molecule has 1 aliphatic heterocycles. The molecule has 0 fully saturated rings. The first kappa shape index (κ1) is 14.2. The van der Waals surface area contributed by atoms with Gasteiger partial charge in [0.15, 0.2) is 0 Å². The second kappa shape index (κ2) is 6.26. The summed E-state index contributed by atoms with van der Waals surface area (Å²) >= 11 is 12.0. The molecule has 0 atom stereocenters. The highest BCUT2D eigenvalue weighted by Gasteiger charge is 2.23. The molecule has 0 radical (unpaired) electrons. The smallest absolute Gasteiger partial charge is 0.255 e. The van der Waals surface area contributed by atoms with E-state index >= 15 is 0 Å². The molecule has 1 aliphatic rings. The van der Waals surface area contributed by atoms with E-state index in [0.29, 0.717) is 42.7 Å². The summed E-state index contributed by atoms with van der Waals surface area (Å²) in [5.41, 5.74) is 0.409. The molecule has 1 aromatic rings. The van der Waals surface area contributed by atoms with Crippen LogP contribution in [0.25, 0.3) is 0 Å². The summed E-state index contributed by atoms with van der Waals surface area (Å²) in [5, 5.41) is 0.665. The number of halogens is 2. The summed E-state index contributed by atoms with van der Waals surface area (Å²) < 4.78 is 5.35. The Morgan fingerprint density at radius 3 is 3.00 bits per heavy atom. The summed E-state index contributed by atoms with van der Waals surface area (Å²) in [5.74, 6) is 0.430. The Kier molecular flexibility index (Phi) is 4.66. The summed E-state index contributed by atoms with van der Waals surface area (Å²) in [6.07, 6.45) is 0. The van der Waals surface area contributed by atoms with E-state index in [4.69, 9.17) is 27.9 Å². The molecule has 0 bridgehead atoms. The molecule has 0 aromatic heterocycles. The second-order valence-electron chi connectivity index (χ2n) is 4.04. The van der Waals surface area contributed by atoms with E-state index in [2.05, 4.69) is 4.99 Å². The van der Waals surface area contributed by atoms with Gasteiger partial charge in [0.25, 0.3) is 5.91 Å². The summed E-state index contributed by atoms with van der Waals surface area (Å²) in [6.45, 7) is 3.89. The summed E-state index contributed by atoms with van der Waals surface area (Å²) in [4.78, 5) is 18.3. The molecule has 1 aromatic carbocycles. The first-order valence-electron chi connectivity index (χ1n) is 6.03. The average molecular weight is 301 g/mol. The highest BCUT2D eigenvalue weighted by atomic mass is 35.5. The first-order chi connectivity index (χ1) is 9.13. The fourth-order valence-electron chi connectivity index (χ4n) is 1.86. The van der Waals surface area contributed by atoms with E-state index in [9.17, 15) is 4.79 Å². The van der Waals surface area contributed by atoms with Crippen molar-refractivity contribution in [2.24, 2.45) is 4.99 Å². The molecule has 1 amide bonds. The number of hydrogen-bond donors (Lipinski definition) is 0. The largest absolute Gasteiger partial charge is 0.480 e. The standard InChI is InChI=1S/C13H14Cl2N2O2/c1-2-19-11-8-17(7-6-16-11)13(18)9-4-3-5-10(14)12(9)15/h3-5H,2,6-8H2,1H3. The van der Waals surface area contributed by atoms with Gasteiger partial charge in [0.2, 0.25) is 5.90 Å². The minimum absolute atomic E-state index is 0.153. The number of carbonyl (C=O) groups is 1. The third-order valence-electron chi connectivity index (χ3n) is 2.76. The molecule has 0 saturated carbocycles. The zero-order valence-corrected chi connectivity index (χ0v) is 12.0. The van der Waals surface area contributed by atoms with Crippen molar-refractivity contribution in [2.75, 3.05) is 26.2 Å². The molecule has 1 heterocycles. The molecule has 0 aliphatic carbocycles. The quantitative estimate of drug-likeness (QED) is 0.843. The molecule has 19 heavy (non-hydrogen) atoms. The predicted molar refractivity (Wildman–Crippen MR) is 76.3 cm³/mol. The fraction of sp³-hybridized carbons (Fsp3) is 0.385. The maximum absolute atomic E-state index is 12.4.